The minimum atomic E-state index is 0. The van der Waals surface area contributed by atoms with Crippen molar-refractivity contribution in [3.63, 3.8) is 0 Å². The minimum absolute atomic E-state index is 0. The summed E-state index contributed by atoms with van der Waals surface area (Å²) < 4.78 is 0. The van der Waals surface area contributed by atoms with E-state index in [1.54, 1.807) is 0 Å². The molecule has 0 unspecified atom stereocenters. The van der Waals surface area contributed by atoms with Crippen molar-refractivity contribution >= 4 is 89.3 Å². The molecule has 0 nitrogen and oxygen atoms in total. The molecule has 0 aliphatic heterocycles. The van der Waals surface area contributed by atoms with Crippen LogP contribution >= 0.6 is 62.0 Å². The zero-order valence-electron chi connectivity index (χ0n) is 2.62. The summed E-state index contributed by atoms with van der Waals surface area (Å²) in [4.78, 5) is 0. The second-order valence-corrected chi connectivity index (χ2v) is 0. The van der Waals surface area contributed by atoms with E-state index < -0.39 is 0 Å². The molecule has 0 rings (SSSR count). The molecule has 1 radical (unpaired) electrons. The van der Waals surface area contributed by atoms with Gasteiger partial charge in [0.15, 0.2) is 0 Å². The molecule has 0 spiro atoms. The van der Waals surface area contributed by atoms with Gasteiger partial charge in [-0.05, 0) is 0 Å². The Bertz CT molecular complexity index is 3.90. The van der Waals surface area contributed by atoms with Gasteiger partial charge >= 0.3 is 0 Å². The molecule has 0 fully saturated rings. The van der Waals surface area contributed by atoms with E-state index in [0.29, 0.717) is 0 Å². The third-order valence-corrected chi connectivity index (χ3v) is 0. The molecule has 0 aliphatic rings. The monoisotopic (exact) mass is 385 g/mol. The Kier molecular flexibility index (Phi) is 717. The molecule has 0 bridgehead atoms. The smallest absolute Gasteiger partial charge is 0 e. The van der Waals surface area contributed by atoms with E-state index in [2.05, 4.69) is 0 Å². The second-order valence-electron chi connectivity index (χ2n) is 0. The Balaban J connectivity index is 0. The molecule has 0 N–H and O–H groups in total. The molecular formula is H5Cl5Tl. The zero-order valence-corrected chi connectivity index (χ0v) is 11.2. The topological polar surface area (TPSA) is 0 Å². The molecule has 6 heavy (non-hydrogen) atoms. The van der Waals surface area contributed by atoms with Gasteiger partial charge < -0.3 is 0 Å². The van der Waals surface area contributed by atoms with Crippen LogP contribution in [-0.2, 0) is 0 Å². The van der Waals surface area contributed by atoms with Crippen molar-refractivity contribution in [2.75, 3.05) is 0 Å². The van der Waals surface area contributed by atoms with Gasteiger partial charge in [0.2, 0.25) is 0 Å². The second kappa shape index (κ2) is 53.2. The van der Waals surface area contributed by atoms with Gasteiger partial charge in [0, 0.05) is 27.3 Å². The van der Waals surface area contributed by atoms with Crippen LogP contribution in [0.3, 0.4) is 0 Å². The van der Waals surface area contributed by atoms with Crippen LogP contribution in [0.25, 0.3) is 0 Å². The molecule has 0 atom stereocenters. The Labute approximate surface area is 88.4 Å². The standard InChI is InChI=1S/5ClH.Tl/h5*1H;. The van der Waals surface area contributed by atoms with E-state index in [1.807, 2.05) is 0 Å². The summed E-state index contributed by atoms with van der Waals surface area (Å²) in [5.74, 6) is 0. The first-order valence-electron chi connectivity index (χ1n) is 0. The average molecular weight is 387 g/mol. The van der Waals surface area contributed by atoms with Crippen molar-refractivity contribution in [3.05, 3.63) is 0 Å². The van der Waals surface area contributed by atoms with Crippen LogP contribution in [0.4, 0.5) is 0 Å². The normalized spacial score (nSPS) is 0. The number of hydrogen-bond acceptors (Lipinski definition) is 0. The van der Waals surface area contributed by atoms with Gasteiger partial charge in [0.1, 0.15) is 0 Å². The Morgan fingerprint density at radius 3 is 0.333 bits per heavy atom. The summed E-state index contributed by atoms with van der Waals surface area (Å²) in [6, 6.07) is 0. The molecule has 0 amide bonds. The van der Waals surface area contributed by atoms with E-state index in [1.165, 1.54) is 0 Å². The van der Waals surface area contributed by atoms with Crippen LogP contribution in [-0.4, -0.2) is 27.3 Å². The maximum Gasteiger partial charge on any atom is 0 e. The fourth-order valence-electron chi connectivity index (χ4n) is 0. The van der Waals surface area contributed by atoms with Gasteiger partial charge in [-0.1, -0.05) is 0 Å². The number of hydrogen-bond donors (Lipinski definition) is 0. The van der Waals surface area contributed by atoms with Gasteiger partial charge in [0.05, 0.1) is 0 Å². The third-order valence-electron chi connectivity index (χ3n) is 0. The van der Waals surface area contributed by atoms with Gasteiger partial charge in [-0.3, -0.25) is 0 Å². The first kappa shape index (κ1) is 80.9. The maximum atomic E-state index is 0. The molecular weight excluding hydrogens is 382 g/mol. The fraction of sp³-hybridized carbons (Fsp3) is 0. The molecule has 43 valence electrons. The molecule has 0 saturated heterocycles. The van der Waals surface area contributed by atoms with Gasteiger partial charge in [-0.25, -0.2) is 0 Å². The molecule has 0 aliphatic carbocycles. The van der Waals surface area contributed by atoms with Gasteiger partial charge in [0.25, 0.3) is 0 Å². The fourth-order valence-corrected chi connectivity index (χ4v) is 0. The van der Waals surface area contributed by atoms with Crippen molar-refractivity contribution in [2.45, 2.75) is 0 Å². The van der Waals surface area contributed by atoms with Crippen LogP contribution in [0.2, 0.25) is 0 Å². The summed E-state index contributed by atoms with van der Waals surface area (Å²) >= 11 is 0. The molecule has 0 aromatic heterocycles. The number of halogens is 5. The number of rotatable bonds is 0. The molecule has 0 aromatic carbocycles. The maximum absolute atomic E-state index is 0. The first-order chi connectivity index (χ1) is 0. The summed E-state index contributed by atoms with van der Waals surface area (Å²) in [7, 11) is 0. The minimum Gasteiger partial charge on any atom is -0.147 e. The van der Waals surface area contributed by atoms with Crippen molar-refractivity contribution in [1.29, 1.82) is 0 Å². The van der Waals surface area contributed by atoms with Gasteiger partial charge in [-0.15, -0.1) is 62.0 Å². The summed E-state index contributed by atoms with van der Waals surface area (Å²) in [5, 5.41) is 0. The third kappa shape index (κ3) is 32.7. The van der Waals surface area contributed by atoms with Crippen molar-refractivity contribution in [2.24, 2.45) is 0 Å². The van der Waals surface area contributed by atoms with E-state index in [4.69, 9.17) is 0 Å². The molecule has 0 aromatic rings. The van der Waals surface area contributed by atoms with Gasteiger partial charge in [-0.2, -0.15) is 0 Å². The SMILES string of the molecule is Cl.Cl.Cl.Cl.Cl.[Tl]. The Morgan fingerprint density at radius 1 is 0.333 bits per heavy atom. The van der Waals surface area contributed by atoms with Crippen molar-refractivity contribution in [3.8, 4) is 0 Å². The quantitative estimate of drug-likeness (QED) is 0.556. The van der Waals surface area contributed by atoms with Crippen LogP contribution < -0.4 is 0 Å². The van der Waals surface area contributed by atoms with Crippen LogP contribution in [0, 0.1) is 0 Å². The summed E-state index contributed by atoms with van der Waals surface area (Å²) in [6.07, 6.45) is 0. The Hall–Kier alpha value is 2.37. The Morgan fingerprint density at radius 2 is 0.333 bits per heavy atom. The predicted octanol–water partition coefficient (Wildman–Crippen LogP) is 1.73. The van der Waals surface area contributed by atoms with Crippen LogP contribution in [0.15, 0.2) is 0 Å². The molecule has 6 heteroatoms. The predicted molar refractivity (Wildman–Crippen MR) is 42.0 cm³/mol. The van der Waals surface area contributed by atoms with E-state index >= 15 is 0 Å². The van der Waals surface area contributed by atoms with Crippen LogP contribution in [0.5, 0.6) is 0 Å². The zero-order chi connectivity index (χ0) is 0. The van der Waals surface area contributed by atoms with Crippen molar-refractivity contribution in [1.82, 2.24) is 0 Å². The summed E-state index contributed by atoms with van der Waals surface area (Å²) in [6.45, 7) is 0. The average Bonchev–Trinajstić information content (AvgIpc) is 0. The first-order valence-corrected chi connectivity index (χ1v) is 0. The largest absolute Gasteiger partial charge is 0.147 e. The van der Waals surface area contributed by atoms with Crippen molar-refractivity contribution < 1.29 is 0 Å². The van der Waals surface area contributed by atoms with E-state index in [9.17, 15) is 0 Å². The molecule has 0 saturated carbocycles. The van der Waals surface area contributed by atoms with E-state index in [0.717, 1.165) is 0 Å². The van der Waals surface area contributed by atoms with E-state index in [-0.39, 0.29) is 89.3 Å². The molecule has 0 heterocycles. The van der Waals surface area contributed by atoms with Crippen LogP contribution in [0.1, 0.15) is 0 Å². The summed E-state index contributed by atoms with van der Waals surface area (Å²) in [5.41, 5.74) is 0.